The molecule has 2 rings (SSSR count). The maximum absolute atomic E-state index is 11.7. The van der Waals surface area contributed by atoms with E-state index in [0.29, 0.717) is 0 Å². The maximum atomic E-state index is 11.7. The van der Waals surface area contributed by atoms with Crippen LogP contribution in [0.1, 0.15) is 5.56 Å². The lowest BCUT2D eigenvalue weighted by molar-refractivity contribution is 0.297. The van der Waals surface area contributed by atoms with Gasteiger partial charge in [0.2, 0.25) is 0 Å². The Kier molecular flexibility index (Phi) is 3.82. The third-order valence-electron chi connectivity index (χ3n) is 3.17. The summed E-state index contributed by atoms with van der Waals surface area (Å²) in [6.45, 7) is 0. The standard InChI is InChI=1S/C13H18N2O2S/c1-15(2)13-10-18(16,17)9-12(13)14-8-11-6-4-3-5-7-11/h3-8,12-13H,9-10H2,1-2H3/t12-,13-/m0/s1. The average molecular weight is 266 g/mol. The van der Waals surface area contributed by atoms with Gasteiger partial charge in [-0.1, -0.05) is 30.3 Å². The molecular weight excluding hydrogens is 248 g/mol. The summed E-state index contributed by atoms with van der Waals surface area (Å²) in [5.41, 5.74) is 0.999. The number of aliphatic imine (C=N–C) groups is 1. The van der Waals surface area contributed by atoms with Crippen molar-refractivity contribution in [3.63, 3.8) is 0 Å². The third kappa shape index (κ3) is 3.17. The predicted octanol–water partition coefficient (Wildman–Crippen LogP) is 0.833. The van der Waals surface area contributed by atoms with Gasteiger partial charge in [-0.15, -0.1) is 0 Å². The van der Waals surface area contributed by atoms with E-state index >= 15 is 0 Å². The largest absolute Gasteiger partial charge is 0.303 e. The first kappa shape index (κ1) is 13.2. The monoisotopic (exact) mass is 266 g/mol. The molecule has 1 saturated heterocycles. The molecular formula is C13H18N2O2S. The average Bonchev–Trinajstić information content (AvgIpc) is 2.64. The van der Waals surface area contributed by atoms with Gasteiger partial charge in [0.25, 0.3) is 0 Å². The topological polar surface area (TPSA) is 49.7 Å². The van der Waals surface area contributed by atoms with Crippen molar-refractivity contribution in [1.82, 2.24) is 4.90 Å². The first-order valence-electron chi connectivity index (χ1n) is 5.93. The minimum absolute atomic E-state index is 0.0186. The van der Waals surface area contributed by atoms with Crippen molar-refractivity contribution in [2.75, 3.05) is 25.6 Å². The molecule has 0 spiro atoms. The Labute approximate surface area is 108 Å². The molecule has 0 aromatic heterocycles. The SMILES string of the molecule is CN(C)[C@H]1CS(=O)(=O)C[C@@H]1N=Cc1ccccc1. The van der Waals surface area contributed by atoms with Crippen molar-refractivity contribution in [2.24, 2.45) is 4.99 Å². The summed E-state index contributed by atoms with van der Waals surface area (Å²) >= 11 is 0. The second-order valence-corrected chi connectivity index (χ2v) is 7.02. The van der Waals surface area contributed by atoms with Crippen molar-refractivity contribution in [2.45, 2.75) is 12.1 Å². The normalized spacial score (nSPS) is 27.1. The molecule has 1 aromatic rings. The van der Waals surface area contributed by atoms with Gasteiger partial charge in [0, 0.05) is 12.3 Å². The lowest BCUT2D eigenvalue weighted by Crippen LogP contribution is -2.37. The highest BCUT2D eigenvalue weighted by Crippen LogP contribution is 2.19. The second-order valence-electron chi connectivity index (χ2n) is 4.86. The second kappa shape index (κ2) is 5.20. The van der Waals surface area contributed by atoms with Gasteiger partial charge in [0.15, 0.2) is 9.84 Å². The molecule has 1 aromatic carbocycles. The van der Waals surface area contributed by atoms with Crippen molar-refractivity contribution < 1.29 is 8.42 Å². The van der Waals surface area contributed by atoms with Gasteiger partial charge in [-0.2, -0.15) is 0 Å². The lowest BCUT2D eigenvalue weighted by atomic mass is 10.1. The first-order chi connectivity index (χ1) is 8.48. The summed E-state index contributed by atoms with van der Waals surface area (Å²) in [6.07, 6.45) is 1.77. The Hall–Kier alpha value is -1.20. The minimum atomic E-state index is -2.95. The van der Waals surface area contributed by atoms with E-state index in [1.165, 1.54) is 0 Å². The zero-order chi connectivity index (χ0) is 13.2. The van der Waals surface area contributed by atoms with Crippen molar-refractivity contribution in [1.29, 1.82) is 0 Å². The van der Waals surface area contributed by atoms with Crippen LogP contribution in [0.3, 0.4) is 0 Å². The Bertz CT molecular complexity index is 523. The number of nitrogens with zero attached hydrogens (tertiary/aromatic N) is 2. The van der Waals surface area contributed by atoms with Gasteiger partial charge in [-0.25, -0.2) is 8.42 Å². The van der Waals surface area contributed by atoms with Gasteiger partial charge in [0.05, 0.1) is 17.5 Å². The molecule has 0 saturated carbocycles. The fourth-order valence-electron chi connectivity index (χ4n) is 2.17. The van der Waals surface area contributed by atoms with Crippen LogP contribution < -0.4 is 0 Å². The van der Waals surface area contributed by atoms with E-state index < -0.39 is 9.84 Å². The number of rotatable bonds is 3. The minimum Gasteiger partial charge on any atom is -0.303 e. The zero-order valence-electron chi connectivity index (χ0n) is 10.7. The molecule has 0 aliphatic carbocycles. The summed E-state index contributed by atoms with van der Waals surface area (Å²) in [5.74, 6) is 0.357. The molecule has 5 heteroatoms. The van der Waals surface area contributed by atoms with Gasteiger partial charge >= 0.3 is 0 Å². The summed E-state index contributed by atoms with van der Waals surface area (Å²) in [6, 6.07) is 9.56. The van der Waals surface area contributed by atoms with E-state index in [2.05, 4.69) is 4.99 Å². The highest BCUT2D eigenvalue weighted by atomic mass is 32.2. The van der Waals surface area contributed by atoms with E-state index in [1.807, 2.05) is 49.3 Å². The molecule has 4 nitrogen and oxygen atoms in total. The maximum Gasteiger partial charge on any atom is 0.154 e. The Balaban J connectivity index is 2.15. The van der Waals surface area contributed by atoms with E-state index in [-0.39, 0.29) is 23.6 Å². The highest BCUT2D eigenvalue weighted by molar-refractivity contribution is 7.91. The van der Waals surface area contributed by atoms with E-state index in [9.17, 15) is 8.42 Å². The highest BCUT2D eigenvalue weighted by Gasteiger charge is 2.38. The molecule has 0 N–H and O–H groups in total. The van der Waals surface area contributed by atoms with E-state index in [4.69, 9.17) is 0 Å². The molecule has 1 fully saturated rings. The van der Waals surface area contributed by atoms with Crippen LogP contribution in [-0.4, -0.2) is 57.2 Å². The van der Waals surface area contributed by atoms with Crippen LogP contribution >= 0.6 is 0 Å². The smallest absolute Gasteiger partial charge is 0.154 e. The molecule has 1 aliphatic heterocycles. The molecule has 0 bridgehead atoms. The third-order valence-corrected chi connectivity index (χ3v) is 4.87. The van der Waals surface area contributed by atoms with Gasteiger partial charge in [-0.05, 0) is 19.7 Å². The predicted molar refractivity (Wildman–Crippen MR) is 74.0 cm³/mol. The number of likely N-dealkylation sites (N-methyl/N-ethyl adjacent to an activating group) is 1. The van der Waals surface area contributed by atoms with Crippen LogP contribution in [-0.2, 0) is 9.84 Å². The number of hydrogen-bond donors (Lipinski definition) is 0. The number of hydrogen-bond acceptors (Lipinski definition) is 4. The molecule has 1 heterocycles. The summed E-state index contributed by atoms with van der Waals surface area (Å²) in [5, 5.41) is 0. The summed E-state index contributed by atoms with van der Waals surface area (Å²) < 4.78 is 23.3. The molecule has 0 unspecified atom stereocenters. The van der Waals surface area contributed by atoms with E-state index in [0.717, 1.165) is 5.56 Å². The van der Waals surface area contributed by atoms with Crippen molar-refractivity contribution >= 4 is 16.1 Å². The van der Waals surface area contributed by atoms with Crippen LogP contribution in [0, 0.1) is 0 Å². The zero-order valence-corrected chi connectivity index (χ0v) is 11.5. The molecule has 1 aliphatic rings. The van der Waals surface area contributed by atoms with Crippen LogP contribution in [0.5, 0.6) is 0 Å². The Morgan fingerprint density at radius 3 is 2.50 bits per heavy atom. The number of sulfone groups is 1. The quantitative estimate of drug-likeness (QED) is 0.762. The molecule has 2 atom stereocenters. The fraction of sp³-hybridized carbons (Fsp3) is 0.462. The summed E-state index contributed by atoms with van der Waals surface area (Å²) in [4.78, 5) is 6.39. The fourth-order valence-corrected chi connectivity index (χ4v) is 4.17. The van der Waals surface area contributed by atoms with Crippen LogP contribution in [0.25, 0.3) is 0 Å². The van der Waals surface area contributed by atoms with Crippen molar-refractivity contribution in [3.8, 4) is 0 Å². The van der Waals surface area contributed by atoms with Crippen molar-refractivity contribution in [3.05, 3.63) is 35.9 Å². The molecule has 0 amide bonds. The van der Waals surface area contributed by atoms with Gasteiger partial charge in [-0.3, -0.25) is 4.99 Å². The van der Waals surface area contributed by atoms with E-state index in [1.54, 1.807) is 6.21 Å². The summed E-state index contributed by atoms with van der Waals surface area (Å²) in [7, 11) is 0.849. The van der Waals surface area contributed by atoms with Crippen LogP contribution in [0.4, 0.5) is 0 Å². The molecule has 18 heavy (non-hydrogen) atoms. The Morgan fingerprint density at radius 2 is 1.89 bits per heavy atom. The molecule has 98 valence electrons. The molecule has 0 radical (unpaired) electrons. The number of benzene rings is 1. The van der Waals surface area contributed by atoms with Crippen LogP contribution in [0.2, 0.25) is 0 Å². The van der Waals surface area contributed by atoms with Gasteiger partial charge < -0.3 is 4.90 Å². The first-order valence-corrected chi connectivity index (χ1v) is 7.75. The van der Waals surface area contributed by atoms with Gasteiger partial charge in [0.1, 0.15) is 0 Å². The van der Waals surface area contributed by atoms with Crippen LogP contribution in [0.15, 0.2) is 35.3 Å². The Morgan fingerprint density at radius 1 is 1.22 bits per heavy atom. The lowest BCUT2D eigenvalue weighted by Gasteiger charge is -2.21.